The van der Waals surface area contributed by atoms with Gasteiger partial charge in [-0.15, -0.1) is 11.3 Å². The molecule has 0 radical (unpaired) electrons. The van der Waals surface area contributed by atoms with Gasteiger partial charge < -0.3 is 5.73 Å². The highest BCUT2D eigenvalue weighted by Gasteiger charge is 2.30. The molecule has 1 fully saturated rings. The van der Waals surface area contributed by atoms with E-state index >= 15 is 0 Å². The lowest BCUT2D eigenvalue weighted by molar-refractivity contribution is 0.160. The largest absolute Gasteiger partial charge is 0.330 e. The first kappa shape index (κ1) is 12.0. The van der Waals surface area contributed by atoms with Crippen molar-refractivity contribution in [3.8, 4) is 0 Å². The van der Waals surface area contributed by atoms with Crippen LogP contribution in [-0.2, 0) is 6.54 Å². The Morgan fingerprint density at radius 1 is 1.56 bits per heavy atom. The van der Waals surface area contributed by atoms with E-state index in [1.807, 2.05) is 5.51 Å². The van der Waals surface area contributed by atoms with E-state index in [1.54, 1.807) is 11.3 Å². The zero-order chi connectivity index (χ0) is 11.4. The zero-order valence-electron chi connectivity index (χ0n) is 9.93. The molecule has 0 spiro atoms. The van der Waals surface area contributed by atoms with Crippen LogP contribution in [0.25, 0.3) is 0 Å². The molecule has 0 aliphatic heterocycles. The third-order valence-corrected chi connectivity index (χ3v) is 4.28. The van der Waals surface area contributed by atoms with Gasteiger partial charge in [-0.25, -0.2) is 4.98 Å². The second-order valence-electron chi connectivity index (χ2n) is 4.54. The number of thiazole rings is 1. The second-order valence-corrected chi connectivity index (χ2v) is 5.26. The number of aromatic nitrogens is 1. The summed E-state index contributed by atoms with van der Waals surface area (Å²) in [5, 5.41) is 2.15. The van der Waals surface area contributed by atoms with Gasteiger partial charge in [-0.2, -0.15) is 0 Å². The molecule has 1 heterocycles. The molecule has 1 aliphatic rings. The minimum Gasteiger partial charge on any atom is -0.330 e. The molecule has 2 unspecified atom stereocenters. The summed E-state index contributed by atoms with van der Waals surface area (Å²) in [7, 11) is 0. The predicted molar refractivity (Wildman–Crippen MR) is 68.4 cm³/mol. The number of hydrogen-bond donors (Lipinski definition) is 1. The van der Waals surface area contributed by atoms with E-state index in [4.69, 9.17) is 5.73 Å². The van der Waals surface area contributed by atoms with Crippen LogP contribution < -0.4 is 5.73 Å². The maximum Gasteiger partial charge on any atom is 0.0795 e. The van der Waals surface area contributed by atoms with Crippen LogP contribution in [0.4, 0.5) is 0 Å². The highest BCUT2D eigenvalue weighted by atomic mass is 32.1. The molecule has 4 heteroatoms. The normalized spacial score (nSPS) is 25.4. The molecule has 0 aromatic carbocycles. The first-order valence-electron chi connectivity index (χ1n) is 6.16. The summed E-state index contributed by atoms with van der Waals surface area (Å²) in [6.45, 7) is 5.15. The molecular weight excluding hydrogens is 218 g/mol. The standard InChI is InChI=1S/C12H21N3S/c1-2-15(7-11-8-16-9-14-11)12-5-3-4-10(12)6-13/h8-10,12H,2-7,13H2,1H3. The van der Waals surface area contributed by atoms with Gasteiger partial charge in [-0.1, -0.05) is 13.3 Å². The fourth-order valence-electron chi connectivity index (χ4n) is 2.76. The van der Waals surface area contributed by atoms with Crippen molar-refractivity contribution in [2.45, 2.75) is 38.8 Å². The van der Waals surface area contributed by atoms with E-state index in [0.717, 1.165) is 19.6 Å². The maximum atomic E-state index is 5.85. The lowest BCUT2D eigenvalue weighted by atomic mass is 10.0. The van der Waals surface area contributed by atoms with Gasteiger partial charge >= 0.3 is 0 Å². The molecule has 1 aliphatic carbocycles. The summed E-state index contributed by atoms with van der Waals surface area (Å²) in [6.07, 6.45) is 3.94. The number of nitrogens with zero attached hydrogens (tertiary/aromatic N) is 2. The van der Waals surface area contributed by atoms with E-state index in [0.29, 0.717) is 12.0 Å². The van der Waals surface area contributed by atoms with E-state index in [9.17, 15) is 0 Å². The molecule has 1 saturated carbocycles. The molecule has 3 nitrogen and oxygen atoms in total. The van der Waals surface area contributed by atoms with E-state index in [-0.39, 0.29) is 0 Å². The van der Waals surface area contributed by atoms with Gasteiger partial charge in [0.2, 0.25) is 0 Å². The highest BCUT2D eigenvalue weighted by Crippen LogP contribution is 2.30. The van der Waals surface area contributed by atoms with Crippen molar-refractivity contribution in [2.75, 3.05) is 13.1 Å². The summed E-state index contributed by atoms with van der Waals surface area (Å²) in [4.78, 5) is 6.91. The van der Waals surface area contributed by atoms with E-state index in [2.05, 4.69) is 22.2 Å². The Bertz CT molecular complexity index is 299. The predicted octanol–water partition coefficient (Wildman–Crippen LogP) is 2.09. The van der Waals surface area contributed by atoms with Crippen LogP contribution in [0.5, 0.6) is 0 Å². The molecule has 1 aromatic rings. The number of rotatable bonds is 5. The SMILES string of the molecule is CCN(Cc1cscn1)C1CCCC1CN. The summed E-state index contributed by atoms with van der Waals surface area (Å²) >= 11 is 1.68. The van der Waals surface area contributed by atoms with Crippen molar-refractivity contribution in [1.82, 2.24) is 9.88 Å². The van der Waals surface area contributed by atoms with Crippen molar-refractivity contribution in [3.05, 3.63) is 16.6 Å². The first-order chi connectivity index (χ1) is 7.85. The van der Waals surface area contributed by atoms with Crippen LogP contribution >= 0.6 is 11.3 Å². The topological polar surface area (TPSA) is 42.2 Å². The first-order valence-corrected chi connectivity index (χ1v) is 7.10. The maximum absolute atomic E-state index is 5.85. The molecule has 0 amide bonds. The summed E-state index contributed by atoms with van der Waals surface area (Å²) in [6, 6.07) is 0.677. The van der Waals surface area contributed by atoms with E-state index in [1.165, 1.54) is 25.0 Å². The minimum atomic E-state index is 0.677. The van der Waals surface area contributed by atoms with Crippen LogP contribution in [0, 0.1) is 5.92 Å². The Morgan fingerprint density at radius 2 is 2.44 bits per heavy atom. The third-order valence-electron chi connectivity index (χ3n) is 3.65. The van der Waals surface area contributed by atoms with Crippen molar-refractivity contribution in [2.24, 2.45) is 11.7 Å². The van der Waals surface area contributed by atoms with Crippen LogP contribution in [0.2, 0.25) is 0 Å². The summed E-state index contributed by atoms with van der Waals surface area (Å²) in [5.74, 6) is 0.693. The number of hydrogen-bond acceptors (Lipinski definition) is 4. The van der Waals surface area contributed by atoms with Gasteiger partial charge in [0.25, 0.3) is 0 Å². The van der Waals surface area contributed by atoms with Crippen LogP contribution in [0.15, 0.2) is 10.9 Å². The molecule has 16 heavy (non-hydrogen) atoms. The molecule has 2 atom stereocenters. The minimum absolute atomic E-state index is 0.677. The van der Waals surface area contributed by atoms with Gasteiger partial charge in [0.05, 0.1) is 11.2 Å². The van der Waals surface area contributed by atoms with Crippen molar-refractivity contribution in [3.63, 3.8) is 0 Å². The van der Waals surface area contributed by atoms with Crippen molar-refractivity contribution >= 4 is 11.3 Å². The average molecular weight is 239 g/mol. The van der Waals surface area contributed by atoms with Crippen molar-refractivity contribution < 1.29 is 0 Å². The smallest absolute Gasteiger partial charge is 0.0795 e. The van der Waals surface area contributed by atoms with Crippen molar-refractivity contribution in [1.29, 1.82) is 0 Å². The molecule has 0 bridgehead atoms. The molecule has 90 valence electrons. The van der Waals surface area contributed by atoms with Gasteiger partial charge in [0.1, 0.15) is 0 Å². The van der Waals surface area contributed by atoms with Crippen LogP contribution in [-0.4, -0.2) is 29.0 Å². The number of nitrogens with two attached hydrogens (primary N) is 1. The third kappa shape index (κ3) is 2.62. The average Bonchev–Trinajstić information content (AvgIpc) is 2.96. The molecule has 2 rings (SSSR count). The van der Waals surface area contributed by atoms with Gasteiger partial charge in [0.15, 0.2) is 0 Å². The highest BCUT2D eigenvalue weighted by molar-refractivity contribution is 7.07. The van der Waals surface area contributed by atoms with Gasteiger partial charge in [0, 0.05) is 18.0 Å². The molecular formula is C12H21N3S. The Morgan fingerprint density at radius 3 is 3.06 bits per heavy atom. The summed E-state index contributed by atoms with van der Waals surface area (Å²) in [5.41, 5.74) is 8.97. The monoisotopic (exact) mass is 239 g/mol. The molecule has 0 saturated heterocycles. The fourth-order valence-corrected chi connectivity index (χ4v) is 3.31. The quantitative estimate of drug-likeness (QED) is 0.855. The van der Waals surface area contributed by atoms with Gasteiger partial charge in [-0.05, 0) is 31.8 Å². The summed E-state index contributed by atoms with van der Waals surface area (Å²) < 4.78 is 0. The molecule has 2 N–H and O–H groups in total. The Labute approximate surface area is 102 Å². The lowest BCUT2D eigenvalue weighted by Crippen LogP contribution is -2.39. The molecule has 1 aromatic heterocycles. The Hall–Kier alpha value is -0.450. The van der Waals surface area contributed by atoms with Crippen LogP contribution in [0.3, 0.4) is 0 Å². The zero-order valence-corrected chi connectivity index (χ0v) is 10.7. The lowest BCUT2D eigenvalue weighted by Gasteiger charge is -2.31. The fraction of sp³-hybridized carbons (Fsp3) is 0.750. The second kappa shape index (κ2) is 5.75. The van der Waals surface area contributed by atoms with Gasteiger partial charge in [-0.3, -0.25) is 4.90 Å². The Kier molecular flexibility index (Phi) is 4.32. The van der Waals surface area contributed by atoms with E-state index < -0.39 is 0 Å². The Balaban J connectivity index is 1.98. The van der Waals surface area contributed by atoms with Crippen LogP contribution in [0.1, 0.15) is 31.9 Å².